The maximum Gasteiger partial charge on any atom is 0.232 e. The van der Waals surface area contributed by atoms with Crippen LogP contribution in [0.1, 0.15) is 23.1 Å². The van der Waals surface area contributed by atoms with Crippen LogP contribution in [0.4, 0.5) is 5.69 Å². The number of nitrogens with zero attached hydrogens (tertiary/aromatic N) is 1. The Kier molecular flexibility index (Phi) is 5.80. The molecule has 0 radical (unpaired) electrons. The number of anilines is 1. The van der Waals surface area contributed by atoms with E-state index in [1.807, 2.05) is 74.8 Å². The summed E-state index contributed by atoms with van der Waals surface area (Å²) in [6.45, 7) is 0. The fourth-order valence-corrected chi connectivity index (χ4v) is 3.89. The topological polar surface area (TPSA) is 32.3 Å². The summed E-state index contributed by atoms with van der Waals surface area (Å²) >= 11 is 0. The van der Waals surface area contributed by atoms with Crippen molar-refractivity contribution in [2.24, 2.45) is 0 Å². The van der Waals surface area contributed by atoms with E-state index in [2.05, 4.69) is 47.8 Å². The zero-order chi connectivity index (χ0) is 20.9. The van der Waals surface area contributed by atoms with Crippen LogP contribution in [0.5, 0.6) is 0 Å². The molecule has 0 fully saturated rings. The van der Waals surface area contributed by atoms with E-state index in [1.165, 1.54) is 10.8 Å². The van der Waals surface area contributed by atoms with Crippen LogP contribution < -0.4 is 5.32 Å². The highest BCUT2D eigenvalue weighted by molar-refractivity contribution is 5.87. The third-order valence-corrected chi connectivity index (χ3v) is 5.43. The molecule has 0 aromatic heterocycles. The van der Waals surface area contributed by atoms with Gasteiger partial charge in [0.2, 0.25) is 5.91 Å². The Hall–Kier alpha value is -3.59. The molecule has 1 N–H and O–H groups in total. The molecule has 30 heavy (non-hydrogen) atoms. The lowest BCUT2D eigenvalue weighted by molar-refractivity contribution is -0.130. The zero-order valence-electron chi connectivity index (χ0n) is 17.3. The number of benzene rings is 4. The van der Waals surface area contributed by atoms with Crippen LogP contribution in [-0.4, -0.2) is 24.9 Å². The molecule has 150 valence electrons. The minimum absolute atomic E-state index is 0.0725. The first-order valence-corrected chi connectivity index (χ1v) is 10.2. The molecule has 4 aromatic carbocycles. The van der Waals surface area contributed by atoms with Crippen molar-refractivity contribution < 1.29 is 4.79 Å². The number of rotatable bonds is 6. The van der Waals surface area contributed by atoms with Gasteiger partial charge in [-0.1, -0.05) is 91.0 Å². The number of hydrogen-bond acceptors (Lipinski definition) is 2. The van der Waals surface area contributed by atoms with Crippen molar-refractivity contribution in [3.8, 4) is 0 Å². The van der Waals surface area contributed by atoms with Crippen molar-refractivity contribution in [3.63, 3.8) is 0 Å². The largest absolute Gasteiger partial charge is 0.377 e. The van der Waals surface area contributed by atoms with Crippen LogP contribution in [0.2, 0.25) is 0 Å². The summed E-state index contributed by atoms with van der Waals surface area (Å²) in [7, 11) is 3.63. The first kappa shape index (κ1) is 19.7. The molecule has 3 heteroatoms. The molecule has 4 aromatic rings. The Morgan fingerprint density at radius 1 is 0.700 bits per heavy atom. The van der Waals surface area contributed by atoms with E-state index in [4.69, 9.17) is 0 Å². The summed E-state index contributed by atoms with van der Waals surface area (Å²) in [6, 6.07) is 34.7. The first-order valence-electron chi connectivity index (χ1n) is 10.2. The SMILES string of the molecule is CN(C)C(=O)[C@@H](c1ccccc1)[C@@H](Nc1ccc2ccccc2c1)c1ccccc1. The van der Waals surface area contributed by atoms with Gasteiger partial charge < -0.3 is 10.2 Å². The molecular weight excluding hydrogens is 368 g/mol. The normalized spacial score (nSPS) is 12.9. The number of nitrogens with one attached hydrogen (secondary N) is 1. The van der Waals surface area contributed by atoms with Crippen molar-refractivity contribution in [1.82, 2.24) is 4.90 Å². The predicted molar refractivity (Wildman–Crippen MR) is 125 cm³/mol. The highest BCUT2D eigenvalue weighted by atomic mass is 16.2. The average Bonchev–Trinajstić information content (AvgIpc) is 2.79. The van der Waals surface area contributed by atoms with Gasteiger partial charge in [0.05, 0.1) is 12.0 Å². The fourth-order valence-electron chi connectivity index (χ4n) is 3.89. The Labute approximate surface area is 178 Å². The van der Waals surface area contributed by atoms with Crippen molar-refractivity contribution in [2.45, 2.75) is 12.0 Å². The van der Waals surface area contributed by atoms with E-state index in [0.29, 0.717) is 0 Å². The molecule has 0 unspecified atom stereocenters. The Morgan fingerprint density at radius 3 is 1.90 bits per heavy atom. The maximum absolute atomic E-state index is 13.3. The van der Waals surface area contributed by atoms with Crippen molar-refractivity contribution in [3.05, 3.63) is 114 Å². The molecule has 4 rings (SSSR count). The van der Waals surface area contributed by atoms with Crippen molar-refractivity contribution in [1.29, 1.82) is 0 Å². The molecule has 0 aliphatic carbocycles. The summed E-state index contributed by atoms with van der Waals surface area (Å²) in [5.74, 6) is -0.279. The Bertz CT molecular complexity index is 1120. The molecule has 0 spiro atoms. The summed E-state index contributed by atoms with van der Waals surface area (Å²) in [5, 5.41) is 6.04. The molecule has 0 saturated heterocycles. The standard InChI is InChI=1S/C27H26N2O/c1-29(2)27(30)25(21-12-5-3-6-13-21)26(22-14-7-4-8-15-22)28-24-18-17-20-11-9-10-16-23(20)19-24/h3-19,25-26,28H,1-2H3/t25-,26-/m0/s1. The highest BCUT2D eigenvalue weighted by Crippen LogP contribution is 2.36. The van der Waals surface area contributed by atoms with E-state index in [0.717, 1.165) is 16.8 Å². The summed E-state index contributed by atoms with van der Waals surface area (Å²) < 4.78 is 0. The van der Waals surface area contributed by atoms with E-state index in [-0.39, 0.29) is 17.9 Å². The van der Waals surface area contributed by atoms with Crippen LogP contribution in [0.15, 0.2) is 103 Å². The number of likely N-dealkylation sites (N-methyl/N-ethyl adjacent to an activating group) is 1. The third-order valence-electron chi connectivity index (χ3n) is 5.43. The lowest BCUT2D eigenvalue weighted by atomic mass is 9.85. The first-order chi connectivity index (χ1) is 14.6. The van der Waals surface area contributed by atoms with Gasteiger partial charge >= 0.3 is 0 Å². The summed E-state index contributed by atoms with van der Waals surface area (Å²) in [5.41, 5.74) is 3.07. The van der Waals surface area contributed by atoms with Crippen LogP contribution in [-0.2, 0) is 4.79 Å². The lowest BCUT2D eigenvalue weighted by Crippen LogP contribution is -2.34. The van der Waals surface area contributed by atoms with Crippen LogP contribution >= 0.6 is 0 Å². The van der Waals surface area contributed by atoms with Crippen LogP contribution in [0.3, 0.4) is 0 Å². The molecule has 1 amide bonds. The van der Waals surface area contributed by atoms with Crippen LogP contribution in [0, 0.1) is 0 Å². The van der Waals surface area contributed by atoms with E-state index in [9.17, 15) is 4.79 Å². The van der Waals surface area contributed by atoms with Gasteiger partial charge in [-0.25, -0.2) is 0 Å². The molecule has 0 saturated carbocycles. The van der Waals surface area contributed by atoms with Gasteiger partial charge in [0.1, 0.15) is 0 Å². The Morgan fingerprint density at radius 2 is 1.27 bits per heavy atom. The van der Waals surface area contributed by atoms with Crippen molar-refractivity contribution >= 4 is 22.4 Å². The van der Waals surface area contributed by atoms with Gasteiger partial charge in [-0.3, -0.25) is 4.79 Å². The number of carbonyl (C=O) groups excluding carboxylic acids is 1. The van der Waals surface area contributed by atoms with Gasteiger partial charge in [-0.2, -0.15) is 0 Å². The van der Waals surface area contributed by atoms with Crippen molar-refractivity contribution in [2.75, 3.05) is 19.4 Å². The molecule has 0 heterocycles. The Balaban J connectivity index is 1.80. The number of amides is 1. The van der Waals surface area contributed by atoms with Crippen LogP contribution in [0.25, 0.3) is 10.8 Å². The molecule has 0 aliphatic rings. The van der Waals surface area contributed by atoms with Gasteiger partial charge in [-0.05, 0) is 34.0 Å². The van der Waals surface area contributed by atoms with Gasteiger partial charge in [0, 0.05) is 19.8 Å². The number of fused-ring (bicyclic) bond motifs is 1. The molecular formula is C27H26N2O. The van der Waals surface area contributed by atoms with Gasteiger partial charge in [0.25, 0.3) is 0 Å². The van der Waals surface area contributed by atoms with Gasteiger partial charge in [0.15, 0.2) is 0 Å². The van der Waals surface area contributed by atoms with E-state index < -0.39 is 0 Å². The average molecular weight is 395 g/mol. The van der Waals surface area contributed by atoms with E-state index >= 15 is 0 Å². The summed E-state index contributed by atoms with van der Waals surface area (Å²) in [4.78, 5) is 15.0. The second-order valence-corrected chi connectivity index (χ2v) is 7.72. The van der Waals surface area contributed by atoms with Gasteiger partial charge in [-0.15, -0.1) is 0 Å². The number of carbonyl (C=O) groups is 1. The minimum Gasteiger partial charge on any atom is -0.377 e. The molecule has 0 bridgehead atoms. The number of hydrogen-bond donors (Lipinski definition) is 1. The predicted octanol–water partition coefficient (Wildman–Crippen LogP) is 5.87. The molecule has 2 atom stereocenters. The second-order valence-electron chi connectivity index (χ2n) is 7.72. The lowest BCUT2D eigenvalue weighted by Gasteiger charge is -2.31. The monoisotopic (exact) mass is 394 g/mol. The zero-order valence-corrected chi connectivity index (χ0v) is 17.3. The highest BCUT2D eigenvalue weighted by Gasteiger charge is 2.32. The molecule has 0 aliphatic heterocycles. The maximum atomic E-state index is 13.3. The quantitative estimate of drug-likeness (QED) is 0.444. The fraction of sp³-hybridized carbons (Fsp3) is 0.148. The minimum atomic E-state index is -0.352. The molecule has 3 nitrogen and oxygen atoms in total. The summed E-state index contributed by atoms with van der Waals surface area (Å²) in [6.07, 6.45) is 0. The smallest absolute Gasteiger partial charge is 0.232 e. The van der Waals surface area contributed by atoms with E-state index in [1.54, 1.807) is 4.90 Å². The second kappa shape index (κ2) is 8.83. The third kappa shape index (κ3) is 4.20.